The molecule has 3 rings (SSSR count). The highest BCUT2D eigenvalue weighted by molar-refractivity contribution is 6.34. The maximum absolute atomic E-state index is 13.7. The van der Waals surface area contributed by atoms with Gasteiger partial charge in [0.15, 0.2) is 0 Å². The van der Waals surface area contributed by atoms with Gasteiger partial charge in [-0.05, 0) is 68.7 Å². The van der Waals surface area contributed by atoms with Gasteiger partial charge in [0.1, 0.15) is 12.4 Å². The fourth-order valence-electron chi connectivity index (χ4n) is 4.31. The second-order valence-corrected chi connectivity index (χ2v) is 9.70. The summed E-state index contributed by atoms with van der Waals surface area (Å²) in [6, 6.07) is 21.6. The van der Waals surface area contributed by atoms with Gasteiger partial charge in [0.2, 0.25) is 0 Å². The molecule has 0 aliphatic rings. The summed E-state index contributed by atoms with van der Waals surface area (Å²) in [6.07, 6.45) is 1.78. The van der Waals surface area contributed by atoms with Crippen LogP contribution in [0.3, 0.4) is 0 Å². The number of benzene rings is 3. The van der Waals surface area contributed by atoms with Crippen LogP contribution in [-0.2, 0) is 13.2 Å². The predicted molar refractivity (Wildman–Crippen MR) is 152 cm³/mol. The van der Waals surface area contributed by atoms with E-state index in [0.29, 0.717) is 13.2 Å². The zero-order valence-corrected chi connectivity index (χ0v) is 23.1. The average molecular weight is 538 g/mol. The lowest BCUT2D eigenvalue weighted by molar-refractivity contribution is -0.384. The molecule has 0 N–H and O–H groups in total. The molecule has 0 aliphatic carbocycles. The summed E-state index contributed by atoms with van der Waals surface area (Å²) in [5.74, 6) is 0.505. The van der Waals surface area contributed by atoms with Gasteiger partial charge in [-0.25, -0.2) is 0 Å². The number of halogens is 1. The largest absolute Gasteiger partial charge is 0.489 e. The van der Waals surface area contributed by atoms with Gasteiger partial charge in [0.05, 0.1) is 15.5 Å². The summed E-state index contributed by atoms with van der Waals surface area (Å²) in [6.45, 7) is 10.1. The van der Waals surface area contributed by atoms with Crippen LogP contribution in [0.2, 0.25) is 5.02 Å². The minimum atomic E-state index is -0.519. The van der Waals surface area contributed by atoms with Crippen molar-refractivity contribution in [3.63, 3.8) is 0 Å². The lowest BCUT2D eigenvalue weighted by Crippen LogP contribution is -2.39. The van der Waals surface area contributed by atoms with Crippen molar-refractivity contribution < 1.29 is 14.5 Å². The Morgan fingerprint density at radius 2 is 1.68 bits per heavy atom. The Hall–Kier alpha value is -3.42. The molecule has 7 nitrogen and oxygen atoms in total. The summed E-state index contributed by atoms with van der Waals surface area (Å²) in [5, 5.41) is 11.2. The Bertz CT molecular complexity index is 1180. The van der Waals surface area contributed by atoms with Crippen LogP contribution in [0.4, 0.5) is 5.69 Å². The zero-order chi connectivity index (χ0) is 27.5. The Labute approximate surface area is 230 Å². The quantitative estimate of drug-likeness (QED) is 0.164. The topological polar surface area (TPSA) is 75.9 Å². The molecule has 0 aliphatic heterocycles. The van der Waals surface area contributed by atoms with Crippen molar-refractivity contribution in [2.45, 2.75) is 52.8 Å². The molecule has 0 saturated heterocycles. The Morgan fingerprint density at radius 1 is 1.00 bits per heavy atom. The third kappa shape index (κ3) is 8.30. The van der Waals surface area contributed by atoms with Crippen molar-refractivity contribution in [2.24, 2.45) is 0 Å². The van der Waals surface area contributed by atoms with Crippen LogP contribution in [0, 0.1) is 10.1 Å². The molecule has 0 heterocycles. The van der Waals surface area contributed by atoms with E-state index in [4.69, 9.17) is 16.3 Å². The number of nitro groups is 1. The first-order chi connectivity index (χ1) is 18.3. The highest BCUT2D eigenvalue weighted by Crippen LogP contribution is 2.26. The highest BCUT2D eigenvalue weighted by atomic mass is 35.5. The van der Waals surface area contributed by atoms with Crippen LogP contribution in [0.15, 0.2) is 72.8 Å². The number of ether oxygens (including phenoxy) is 1. The number of hydrogen-bond donors (Lipinski definition) is 0. The Balaban J connectivity index is 1.75. The lowest BCUT2D eigenvalue weighted by atomic mass is 10.1. The van der Waals surface area contributed by atoms with Crippen molar-refractivity contribution >= 4 is 23.2 Å². The van der Waals surface area contributed by atoms with Gasteiger partial charge in [0.25, 0.3) is 11.6 Å². The third-order valence-electron chi connectivity index (χ3n) is 6.70. The minimum absolute atomic E-state index is 0.0571. The van der Waals surface area contributed by atoms with Crippen molar-refractivity contribution in [1.82, 2.24) is 9.80 Å². The molecule has 3 aromatic carbocycles. The zero-order valence-electron chi connectivity index (χ0n) is 22.3. The molecule has 0 radical (unpaired) electrons. The number of amides is 1. The summed E-state index contributed by atoms with van der Waals surface area (Å²) >= 11 is 6.33. The summed E-state index contributed by atoms with van der Waals surface area (Å²) < 4.78 is 5.90. The molecule has 0 saturated carbocycles. The van der Waals surface area contributed by atoms with Crippen LogP contribution >= 0.6 is 11.6 Å². The van der Waals surface area contributed by atoms with Gasteiger partial charge in [-0.15, -0.1) is 0 Å². The molecule has 0 bridgehead atoms. The van der Waals surface area contributed by atoms with Crippen LogP contribution in [0.5, 0.6) is 5.75 Å². The number of nitro benzene ring substituents is 1. The van der Waals surface area contributed by atoms with E-state index < -0.39 is 4.92 Å². The number of hydrogen-bond acceptors (Lipinski definition) is 5. The molecule has 0 aromatic heterocycles. The van der Waals surface area contributed by atoms with E-state index in [1.165, 1.54) is 18.2 Å². The van der Waals surface area contributed by atoms with Gasteiger partial charge < -0.3 is 14.5 Å². The number of non-ortho nitro benzene ring substituents is 1. The van der Waals surface area contributed by atoms with Crippen LogP contribution in [0.1, 0.15) is 55.1 Å². The van der Waals surface area contributed by atoms with Gasteiger partial charge in [-0.3, -0.25) is 14.9 Å². The maximum Gasteiger partial charge on any atom is 0.270 e. The van der Waals surface area contributed by atoms with Crippen molar-refractivity contribution in [1.29, 1.82) is 0 Å². The van der Waals surface area contributed by atoms with E-state index in [1.807, 2.05) is 61.5 Å². The molecule has 1 amide bonds. The van der Waals surface area contributed by atoms with Crippen LogP contribution in [-0.4, -0.2) is 46.3 Å². The van der Waals surface area contributed by atoms with Gasteiger partial charge in [0, 0.05) is 24.7 Å². The van der Waals surface area contributed by atoms with E-state index in [1.54, 1.807) is 4.90 Å². The Kier molecular flexibility index (Phi) is 11.1. The van der Waals surface area contributed by atoms with E-state index >= 15 is 0 Å². The molecule has 1 unspecified atom stereocenters. The number of rotatable bonds is 14. The molecular weight excluding hydrogens is 502 g/mol. The number of carbonyl (C=O) groups is 1. The molecule has 0 fully saturated rings. The second-order valence-electron chi connectivity index (χ2n) is 9.29. The second kappa shape index (κ2) is 14.5. The first-order valence-corrected chi connectivity index (χ1v) is 13.4. The molecule has 8 heteroatoms. The van der Waals surface area contributed by atoms with Crippen molar-refractivity contribution in [3.8, 4) is 5.75 Å². The SMILES string of the molecule is CCN(CC)CCCC(C)N(Cc1ccc(OCc2ccccc2)cc1)C(=O)c1ccc([N+](=O)[O-])cc1Cl. The normalized spacial score (nSPS) is 11.8. The number of nitrogens with zero attached hydrogens (tertiary/aromatic N) is 3. The maximum atomic E-state index is 13.7. The standard InChI is InChI=1S/C30H36ClN3O4/c1-4-32(5-2)19-9-10-23(3)33(30(35)28-18-15-26(34(36)37)20-29(28)31)21-24-13-16-27(17-14-24)38-22-25-11-7-6-8-12-25/h6-8,11-18,20,23H,4-5,9-10,19,21-22H2,1-3H3. The monoisotopic (exact) mass is 537 g/mol. The van der Waals surface area contributed by atoms with Gasteiger partial charge in [-0.2, -0.15) is 0 Å². The first-order valence-electron chi connectivity index (χ1n) is 13.0. The third-order valence-corrected chi connectivity index (χ3v) is 7.01. The van der Waals surface area contributed by atoms with E-state index in [2.05, 4.69) is 18.7 Å². The summed E-state index contributed by atoms with van der Waals surface area (Å²) in [7, 11) is 0. The van der Waals surface area contributed by atoms with E-state index in [0.717, 1.165) is 49.4 Å². The smallest absolute Gasteiger partial charge is 0.270 e. The molecule has 3 aromatic rings. The molecular formula is C30H36ClN3O4. The minimum Gasteiger partial charge on any atom is -0.489 e. The average Bonchev–Trinajstić information content (AvgIpc) is 2.93. The van der Waals surface area contributed by atoms with Crippen LogP contribution in [0.25, 0.3) is 0 Å². The van der Waals surface area contributed by atoms with Crippen molar-refractivity contribution in [3.05, 3.63) is 105 Å². The van der Waals surface area contributed by atoms with Gasteiger partial charge >= 0.3 is 0 Å². The summed E-state index contributed by atoms with van der Waals surface area (Å²) in [4.78, 5) is 28.4. The summed E-state index contributed by atoms with van der Waals surface area (Å²) in [5.41, 5.74) is 2.16. The van der Waals surface area contributed by atoms with E-state index in [9.17, 15) is 14.9 Å². The fraction of sp³-hybridized carbons (Fsp3) is 0.367. The highest BCUT2D eigenvalue weighted by Gasteiger charge is 2.25. The lowest BCUT2D eigenvalue weighted by Gasteiger charge is -2.31. The predicted octanol–water partition coefficient (Wildman–Crippen LogP) is 6.98. The molecule has 202 valence electrons. The molecule has 38 heavy (non-hydrogen) atoms. The van der Waals surface area contributed by atoms with Crippen LogP contribution < -0.4 is 4.74 Å². The van der Waals surface area contributed by atoms with E-state index in [-0.39, 0.29) is 28.2 Å². The Morgan fingerprint density at radius 3 is 2.29 bits per heavy atom. The molecule has 0 spiro atoms. The number of carbonyl (C=O) groups excluding carboxylic acids is 1. The van der Waals surface area contributed by atoms with Gasteiger partial charge in [-0.1, -0.05) is 67.9 Å². The van der Waals surface area contributed by atoms with Crippen molar-refractivity contribution in [2.75, 3.05) is 19.6 Å². The molecule has 1 atom stereocenters. The first kappa shape index (κ1) is 29.1. The fourth-order valence-corrected chi connectivity index (χ4v) is 4.56.